The number of β-lactam (4-membered cyclic amide) rings is 1. The molecule has 4 heterocycles. The van der Waals surface area contributed by atoms with E-state index < -0.39 is 36.3 Å². The summed E-state index contributed by atoms with van der Waals surface area (Å²) in [6, 6.07) is 7.38. The maximum absolute atomic E-state index is 12.9. The molecule has 1 unspecified atom stereocenters. The molecule has 5 rings (SSSR count). The van der Waals surface area contributed by atoms with E-state index in [2.05, 4.69) is 15.9 Å². The average Bonchev–Trinajstić information content (AvgIpc) is 3.11. The Hall–Kier alpha value is -1.52. The molecule has 0 saturated carbocycles. The van der Waals surface area contributed by atoms with Crippen molar-refractivity contribution in [1.29, 1.82) is 0 Å². The largest absolute Gasteiger partial charge is 0.457 e. The summed E-state index contributed by atoms with van der Waals surface area (Å²) in [5, 5.41) is 0. The first-order valence-electron chi connectivity index (χ1n) is 9.63. The Morgan fingerprint density at radius 1 is 1.21 bits per heavy atom. The summed E-state index contributed by atoms with van der Waals surface area (Å²) in [4.78, 5) is 26.3. The zero-order valence-electron chi connectivity index (χ0n) is 16.2. The summed E-state index contributed by atoms with van der Waals surface area (Å²) < 4.78 is 30.4. The Morgan fingerprint density at radius 2 is 1.93 bits per heavy atom. The van der Waals surface area contributed by atoms with Crippen molar-refractivity contribution in [2.24, 2.45) is 5.92 Å². The quantitative estimate of drug-likeness (QED) is 0.497. The van der Waals surface area contributed by atoms with Gasteiger partial charge in [0.25, 0.3) is 0 Å². The van der Waals surface area contributed by atoms with E-state index in [1.165, 1.54) is 6.92 Å². The lowest BCUT2D eigenvalue weighted by molar-refractivity contribution is -0.280. The minimum absolute atomic E-state index is 0.120. The van der Waals surface area contributed by atoms with Crippen LogP contribution in [0.5, 0.6) is 0 Å². The molecule has 156 valence electrons. The number of fused-ring (bicyclic) bond motifs is 4. The Kier molecular flexibility index (Phi) is 4.52. The molecule has 4 fully saturated rings. The van der Waals surface area contributed by atoms with E-state index in [-0.39, 0.29) is 24.2 Å². The lowest BCUT2D eigenvalue weighted by Gasteiger charge is -2.54. The summed E-state index contributed by atoms with van der Waals surface area (Å²) in [6.45, 7) is 5.40. The number of benzene rings is 1. The van der Waals surface area contributed by atoms with E-state index in [0.717, 1.165) is 10.0 Å². The lowest BCUT2D eigenvalue weighted by Crippen LogP contribution is -2.70. The average molecular weight is 468 g/mol. The molecule has 0 aliphatic carbocycles. The number of carbonyl (C=O) groups is 2. The third kappa shape index (κ3) is 3.19. The van der Waals surface area contributed by atoms with Gasteiger partial charge in [-0.05, 0) is 31.5 Å². The van der Waals surface area contributed by atoms with Crippen LogP contribution in [0.2, 0.25) is 0 Å². The van der Waals surface area contributed by atoms with Gasteiger partial charge in [-0.3, -0.25) is 9.59 Å². The van der Waals surface area contributed by atoms with E-state index >= 15 is 0 Å². The highest BCUT2D eigenvalue weighted by atomic mass is 79.9. The monoisotopic (exact) mass is 467 g/mol. The molecule has 4 aliphatic heterocycles. The van der Waals surface area contributed by atoms with Crippen molar-refractivity contribution in [3.8, 4) is 0 Å². The smallest absolute Gasteiger partial charge is 0.303 e. The predicted molar refractivity (Wildman–Crippen MR) is 101 cm³/mol. The normalized spacial score (nSPS) is 37.9. The van der Waals surface area contributed by atoms with Crippen LogP contribution in [0.15, 0.2) is 28.7 Å². The Morgan fingerprint density at radius 3 is 2.62 bits per heavy atom. The molecule has 8 nitrogen and oxygen atoms in total. The standard InChI is InChI=1S/C20H22BrNO7/c1-9(23)25-14(10-4-6-11(21)7-5-10)13-17(24)22-8-12-15(27-18(13)22)16-19(26-12)29-20(2,3)28-16/h4-7,12-16,18-19H,8H2,1-3H3/t12-,13+,14?,15+,16-,18-,19-/m1/s1. The van der Waals surface area contributed by atoms with Crippen molar-refractivity contribution < 1.29 is 33.3 Å². The molecular formula is C20H22BrNO7. The van der Waals surface area contributed by atoms with Gasteiger partial charge in [-0.25, -0.2) is 0 Å². The fraction of sp³-hybridized carbons (Fsp3) is 0.600. The number of hydrogen-bond acceptors (Lipinski definition) is 7. The maximum Gasteiger partial charge on any atom is 0.303 e. The van der Waals surface area contributed by atoms with Gasteiger partial charge in [0, 0.05) is 11.4 Å². The van der Waals surface area contributed by atoms with Gasteiger partial charge in [-0.2, -0.15) is 0 Å². The molecular weight excluding hydrogens is 446 g/mol. The third-order valence-electron chi connectivity index (χ3n) is 5.76. The molecule has 4 aliphatic rings. The van der Waals surface area contributed by atoms with Crippen LogP contribution in [0, 0.1) is 5.92 Å². The number of nitrogens with zero attached hydrogens (tertiary/aromatic N) is 1. The van der Waals surface area contributed by atoms with Crippen LogP contribution in [0.1, 0.15) is 32.4 Å². The summed E-state index contributed by atoms with van der Waals surface area (Å²) in [6.07, 6.45) is -2.74. The van der Waals surface area contributed by atoms with Crippen LogP contribution in [-0.2, 0) is 33.3 Å². The first kappa shape index (κ1) is 19.4. The first-order chi connectivity index (χ1) is 13.7. The van der Waals surface area contributed by atoms with Gasteiger partial charge in [-0.15, -0.1) is 0 Å². The first-order valence-corrected chi connectivity index (χ1v) is 10.4. The van der Waals surface area contributed by atoms with Gasteiger partial charge in [0.15, 0.2) is 12.1 Å². The topological polar surface area (TPSA) is 83.5 Å². The summed E-state index contributed by atoms with van der Waals surface area (Å²) in [7, 11) is 0. The zero-order valence-corrected chi connectivity index (χ0v) is 17.8. The van der Waals surface area contributed by atoms with Gasteiger partial charge in [0.05, 0.1) is 6.54 Å². The van der Waals surface area contributed by atoms with Crippen LogP contribution in [0.4, 0.5) is 0 Å². The number of amides is 1. The Balaban J connectivity index is 1.39. The molecule has 0 bridgehead atoms. The molecule has 0 radical (unpaired) electrons. The zero-order chi connectivity index (χ0) is 20.5. The lowest BCUT2D eigenvalue weighted by atomic mass is 9.83. The molecule has 7 atom stereocenters. The van der Waals surface area contributed by atoms with Crippen molar-refractivity contribution in [2.75, 3.05) is 6.54 Å². The van der Waals surface area contributed by atoms with Gasteiger partial charge in [0.1, 0.15) is 36.6 Å². The molecule has 29 heavy (non-hydrogen) atoms. The van der Waals surface area contributed by atoms with E-state index in [4.69, 9.17) is 23.7 Å². The molecule has 1 aromatic rings. The fourth-order valence-electron chi connectivity index (χ4n) is 4.57. The fourth-order valence-corrected chi connectivity index (χ4v) is 4.84. The number of hydrogen-bond donors (Lipinski definition) is 0. The minimum atomic E-state index is -0.743. The highest BCUT2D eigenvalue weighted by Crippen LogP contribution is 2.48. The van der Waals surface area contributed by atoms with Crippen LogP contribution in [0.25, 0.3) is 0 Å². The van der Waals surface area contributed by atoms with Crippen molar-refractivity contribution in [1.82, 2.24) is 4.90 Å². The van der Waals surface area contributed by atoms with Crippen LogP contribution in [-0.4, -0.2) is 59.9 Å². The second-order valence-electron chi connectivity index (χ2n) is 8.23. The number of esters is 1. The second kappa shape index (κ2) is 6.75. The number of carbonyl (C=O) groups excluding carboxylic acids is 2. The molecule has 9 heteroatoms. The summed E-state index contributed by atoms with van der Waals surface area (Å²) in [5.41, 5.74) is 0.745. The van der Waals surface area contributed by atoms with E-state index in [0.29, 0.717) is 6.54 Å². The van der Waals surface area contributed by atoms with Crippen LogP contribution < -0.4 is 0 Å². The van der Waals surface area contributed by atoms with E-state index in [1.807, 2.05) is 38.1 Å². The summed E-state index contributed by atoms with van der Waals surface area (Å²) in [5.74, 6) is -1.93. The molecule has 0 N–H and O–H groups in total. The Labute approximate surface area is 176 Å². The Bertz CT molecular complexity index is 844. The van der Waals surface area contributed by atoms with Crippen molar-refractivity contribution >= 4 is 27.8 Å². The van der Waals surface area contributed by atoms with Gasteiger partial charge in [-0.1, -0.05) is 28.1 Å². The highest BCUT2D eigenvalue weighted by Gasteiger charge is 2.64. The third-order valence-corrected chi connectivity index (χ3v) is 6.29. The second-order valence-corrected chi connectivity index (χ2v) is 9.15. The predicted octanol–water partition coefficient (Wildman–Crippen LogP) is 2.11. The molecule has 4 saturated heterocycles. The van der Waals surface area contributed by atoms with Crippen molar-refractivity contribution in [3.05, 3.63) is 34.3 Å². The van der Waals surface area contributed by atoms with E-state index in [9.17, 15) is 9.59 Å². The maximum atomic E-state index is 12.9. The highest BCUT2D eigenvalue weighted by molar-refractivity contribution is 9.10. The van der Waals surface area contributed by atoms with Crippen molar-refractivity contribution in [2.45, 2.75) is 63.5 Å². The van der Waals surface area contributed by atoms with Gasteiger partial charge < -0.3 is 28.6 Å². The minimum Gasteiger partial charge on any atom is -0.457 e. The van der Waals surface area contributed by atoms with Gasteiger partial charge in [0.2, 0.25) is 5.91 Å². The SMILES string of the molecule is CC(=O)OC(c1ccc(Br)cc1)[C@H]1C(=O)N2C[C@H]3O[C@@H]4OC(C)(C)O[C@@H]4[C@H]3O[C@H]12. The van der Waals surface area contributed by atoms with E-state index in [1.54, 1.807) is 4.90 Å². The molecule has 1 aromatic carbocycles. The molecule has 0 spiro atoms. The van der Waals surface area contributed by atoms with Gasteiger partial charge >= 0.3 is 5.97 Å². The van der Waals surface area contributed by atoms with Crippen LogP contribution in [0.3, 0.4) is 0 Å². The molecule has 1 amide bonds. The number of rotatable bonds is 3. The van der Waals surface area contributed by atoms with Crippen LogP contribution >= 0.6 is 15.9 Å². The van der Waals surface area contributed by atoms with Crippen molar-refractivity contribution in [3.63, 3.8) is 0 Å². The summed E-state index contributed by atoms with van der Waals surface area (Å²) >= 11 is 3.40. The molecule has 0 aromatic heterocycles. The number of ether oxygens (including phenoxy) is 5. The number of halogens is 1.